The number of hydrogen-bond donors (Lipinski definition) is 1. The average molecular weight is 261 g/mol. The van der Waals surface area contributed by atoms with Crippen molar-refractivity contribution in [1.82, 2.24) is 4.98 Å². The molecule has 1 aromatic heterocycles. The second kappa shape index (κ2) is 6.10. The molecular weight excluding hydrogens is 242 g/mol. The summed E-state index contributed by atoms with van der Waals surface area (Å²) in [5, 5.41) is 12.6. The van der Waals surface area contributed by atoms with Gasteiger partial charge in [-0.15, -0.1) is 0 Å². The van der Waals surface area contributed by atoms with Crippen molar-refractivity contribution in [3.05, 3.63) is 22.9 Å². The highest BCUT2D eigenvalue weighted by Gasteiger charge is 2.17. The highest BCUT2D eigenvalue weighted by molar-refractivity contribution is 7.99. The Kier molecular flexibility index (Phi) is 4.48. The van der Waals surface area contributed by atoms with Crippen LogP contribution in [0.2, 0.25) is 0 Å². The molecule has 96 valence electrons. The minimum atomic E-state index is 0.342. The number of fused-ring (bicyclic) bond motifs is 1. The van der Waals surface area contributed by atoms with Gasteiger partial charge in [-0.2, -0.15) is 17.0 Å². The lowest BCUT2D eigenvalue weighted by molar-refractivity contribution is 0.883. The normalized spacial score (nSPS) is 14.9. The molecule has 0 spiro atoms. The Hall–Kier alpha value is -1.21. The van der Waals surface area contributed by atoms with Gasteiger partial charge in [0.05, 0.1) is 5.56 Å². The number of pyridine rings is 1. The highest BCUT2D eigenvalue weighted by Crippen LogP contribution is 2.25. The first-order chi connectivity index (χ1) is 8.74. The van der Waals surface area contributed by atoms with E-state index in [1.165, 1.54) is 11.3 Å². The lowest BCUT2D eigenvalue weighted by Gasteiger charge is -2.15. The van der Waals surface area contributed by atoms with Crippen LogP contribution in [0.25, 0.3) is 0 Å². The number of aromatic nitrogens is 1. The molecule has 2 rings (SSSR count). The fourth-order valence-electron chi connectivity index (χ4n) is 2.24. The van der Waals surface area contributed by atoms with E-state index >= 15 is 0 Å². The maximum absolute atomic E-state index is 9.20. The predicted molar refractivity (Wildman–Crippen MR) is 77.1 cm³/mol. The first-order valence-corrected chi connectivity index (χ1v) is 7.67. The Labute approximate surface area is 113 Å². The molecule has 0 aromatic carbocycles. The Balaban J connectivity index is 2.14. The summed E-state index contributed by atoms with van der Waals surface area (Å²) in [6.07, 6.45) is 3.28. The van der Waals surface area contributed by atoms with Gasteiger partial charge in [-0.05, 0) is 43.6 Å². The van der Waals surface area contributed by atoms with Crippen LogP contribution in [0.15, 0.2) is 6.07 Å². The monoisotopic (exact) mass is 261 g/mol. The summed E-state index contributed by atoms with van der Waals surface area (Å²) in [4.78, 5) is 4.63. The third-order valence-corrected chi connectivity index (χ3v) is 4.27. The van der Waals surface area contributed by atoms with Crippen LogP contribution in [0.3, 0.4) is 0 Å². The average Bonchev–Trinajstić information content (AvgIpc) is 2.82. The van der Waals surface area contributed by atoms with Gasteiger partial charge < -0.3 is 5.32 Å². The molecule has 3 nitrogen and oxygen atoms in total. The smallest absolute Gasteiger partial charge is 0.144 e. The van der Waals surface area contributed by atoms with E-state index in [1.807, 2.05) is 17.8 Å². The number of hydrogen-bond acceptors (Lipinski definition) is 4. The van der Waals surface area contributed by atoms with E-state index in [0.29, 0.717) is 11.6 Å². The maximum Gasteiger partial charge on any atom is 0.144 e. The molecule has 0 amide bonds. The molecule has 0 aliphatic heterocycles. The molecule has 0 fully saturated rings. The van der Waals surface area contributed by atoms with Gasteiger partial charge in [0.25, 0.3) is 0 Å². The Morgan fingerprint density at radius 3 is 3.11 bits per heavy atom. The Bertz CT molecular complexity index is 465. The van der Waals surface area contributed by atoms with Crippen molar-refractivity contribution in [2.75, 3.05) is 16.8 Å². The molecule has 0 bridgehead atoms. The second-order valence-electron chi connectivity index (χ2n) is 4.66. The molecule has 1 heterocycles. The molecule has 1 atom stereocenters. The van der Waals surface area contributed by atoms with Crippen LogP contribution in [0.1, 0.15) is 37.1 Å². The Morgan fingerprint density at radius 1 is 1.56 bits per heavy atom. The van der Waals surface area contributed by atoms with Crippen molar-refractivity contribution in [1.29, 1.82) is 5.26 Å². The molecule has 1 aliphatic carbocycles. The third-order valence-electron chi connectivity index (χ3n) is 3.13. The number of aryl methyl sites for hydroxylation is 2. The van der Waals surface area contributed by atoms with Gasteiger partial charge in [0.15, 0.2) is 0 Å². The molecular formula is C14H19N3S. The molecule has 1 aromatic rings. The second-order valence-corrected chi connectivity index (χ2v) is 5.98. The molecule has 0 saturated heterocycles. The van der Waals surface area contributed by atoms with Crippen LogP contribution in [0.4, 0.5) is 5.82 Å². The third kappa shape index (κ3) is 2.97. The van der Waals surface area contributed by atoms with Gasteiger partial charge in [-0.3, -0.25) is 0 Å². The first-order valence-electron chi connectivity index (χ1n) is 6.51. The quantitative estimate of drug-likeness (QED) is 0.885. The lowest BCUT2D eigenvalue weighted by Crippen LogP contribution is -2.20. The van der Waals surface area contributed by atoms with Crippen molar-refractivity contribution >= 4 is 17.6 Å². The lowest BCUT2D eigenvalue weighted by atomic mass is 10.1. The van der Waals surface area contributed by atoms with Crippen LogP contribution in [-0.4, -0.2) is 22.5 Å². The van der Waals surface area contributed by atoms with Crippen LogP contribution >= 0.6 is 11.8 Å². The first kappa shape index (κ1) is 13.2. The largest absolute Gasteiger partial charge is 0.366 e. The van der Waals surface area contributed by atoms with E-state index < -0.39 is 0 Å². The van der Waals surface area contributed by atoms with E-state index in [0.717, 1.165) is 36.6 Å². The summed E-state index contributed by atoms with van der Waals surface area (Å²) >= 11 is 1.90. The van der Waals surface area contributed by atoms with E-state index in [2.05, 4.69) is 30.2 Å². The summed E-state index contributed by atoms with van der Waals surface area (Å²) in [5.41, 5.74) is 3.11. The maximum atomic E-state index is 9.20. The van der Waals surface area contributed by atoms with Gasteiger partial charge in [-0.25, -0.2) is 4.98 Å². The number of rotatable bonds is 5. The number of nitriles is 1. The number of nitrogens with zero attached hydrogens (tertiary/aromatic N) is 2. The zero-order valence-corrected chi connectivity index (χ0v) is 11.8. The molecule has 0 saturated carbocycles. The van der Waals surface area contributed by atoms with E-state index in [9.17, 15) is 5.26 Å². The van der Waals surface area contributed by atoms with E-state index in [-0.39, 0.29) is 0 Å². The molecule has 1 N–H and O–H groups in total. The van der Waals surface area contributed by atoms with E-state index in [1.54, 1.807) is 0 Å². The molecule has 18 heavy (non-hydrogen) atoms. The topological polar surface area (TPSA) is 48.7 Å². The zero-order valence-electron chi connectivity index (χ0n) is 11.0. The van der Waals surface area contributed by atoms with Gasteiger partial charge in [0.1, 0.15) is 11.9 Å². The van der Waals surface area contributed by atoms with Crippen LogP contribution in [0.5, 0.6) is 0 Å². The summed E-state index contributed by atoms with van der Waals surface area (Å²) in [7, 11) is 0. The van der Waals surface area contributed by atoms with Crippen molar-refractivity contribution in [2.45, 2.75) is 39.2 Å². The van der Waals surface area contributed by atoms with Crippen LogP contribution in [0, 0.1) is 11.3 Å². The highest BCUT2D eigenvalue weighted by atomic mass is 32.2. The predicted octanol–water partition coefficient (Wildman–Crippen LogP) is 3.00. The van der Waals surface area contributed by atoms with Crippen molar-refractivity contribution in [3.8, 4) is 6.07 Å². The van der Waals surface area contributed by atoms with Crippen LogP contribution < -0.4 is 5.32 Å². The molecule has 0 radical (unpaired) electrons. The molecule has 1 unspecified atom stereocenters. The van der Waals surface area contributed by atoms with Crippen molar-refractivity contribution in [2.24, 2.45) is 0 Å². The molecule has 4 heteroatoms. The van der Waals surface area contributed by atoms with Gasteiger partial charge in [-0.1, -0.05) is 6.92 Å². The Morgan fingerprint density at radius 2 is 2.39 bits per heavy atom. The van der Waals surface area contributed by atoms with Crippen molar-refractivity contribution in [3.63, 3.8) is 0 Å². The zero-order chi connectivity index (χ0) is 13.0. The summed E-state index contributed by atoms with van der Waals surface area (Å²) in [6.45, 7) is 4.30. The summed E-state index contributed by atoms with van der Waals surface area (Å²) in [5.74, 6) is 2.93. The van der Waals surface area contributed by atoms with Gasteiger partial charge in [0.2, 0.25) is 0 Å². The summed E-state index contributed by atoms with van der Waals surface area (Å²) < 4.78 is 0. The van der Waals surface area contributed by atoms with Gasteiger partial charge in [0, 0.05) is 17.5 Å². The molecule has 1 aliphatic rings. The fourth-order valence-corrected chi connectivity index (χ4v) is 2.91. The summed E-state index contributed by atoms with van der Waals surface area (Å²) in [6, 6.07) is 4.61. The van der Waals surface area contributed by atoms with E-state index in [4.69, 9.17) is 0 Å². The fraction of sp³-hybridized carbons (Fsp3) is 0.571. The van der Waals surface area contributed by atoms with Crippen LogP contribution in [-0.2, 0) is 12.8 Å². The number of thioether (sulfide) groups is 1. The van der Waals surface area contributed by atoms with Crippen molar-refractivity contribution < 1.29 is 0 Å². The number of anilines is 1. The SMILES string of the molecule is CCSCC(C)Nc1nc2c(cc1C#N)CCC2. The minimum Gasteiger partial charge on any atom is -0.366 e. The number of nitrogens with one attached hydrogen (secondary N) is 1. The standard InChI is InChI=1S/C14H19N3S/c1-3-18-9-10(2)16-14-12(8-15)7-11-5-4-6-13(11)17-14/h7,10H,3-6,9H2,1-2H3,(H,16,17). The minimum absolute atomic E-state index is 0.342. The van der Waals surface area contributed by atoms with Gasteiger partial charge >= 0.3 is 0 Å².